The van der Waals surface area contributed by atoms with Gasteiger partial charge < -0.3 is 39.4 Å². The van der Waals surface area contributed by atoms with E-state index in [2.05, 4.69) is 74.6 Å². The number of carbonyl (C=O) groups excluding carboxylic acids is 2. The van der Waals surface area contributed by atoms with Gasteiger partial charge in [0, 0.05) is 12.8 Å². The van der Waals surface area contributed by atoms with E-state index < -0.39 is 55.4 Å². The molecule has 0 aliphatic carbocycles. The van der Waals surface area contributed by atoms with Crippen LogP contribution in [0.15, 0.2) is 60.8 Å². The Balaban J connectivity index is 2.38. The lowest BCUT2D eigenvalue weighted by Gasteiger charge is -2.39. The molecular formula is C47H80O10. The first-order valence-electron chi connectivity index (χ1n) is 22.4. The Hall–Kier alpha value is -2.60. The van der Waals surface area contributed by atoms with Crippen molar-refractivity contribution in [1.29, 1.82) is 0 Å². The number of hydrogen-bond acceptors (Lipinski definition) is 10. The van der Waals surface area contributed by atoms with Crippen LogP contribution in [0.1, 0.15) is 168 Å². The van der Waals surface area contributed by atoms with Gasteiger partial charge in [0.05, 0.1) is 13.2 Å². The van der Waals surface area contributed by atoms with Gasteiger partial charge in [0.2, 0.25) is 0 Å². The Labute approximate surface area is 345 Å². The fraction of sp³-hybridized carbons (Fsp3) is 0.745. The van der Waals surface area contributed by atoms with E-state index in [4.69, 9.17) is 18.9 Å². The van der Waals surface area contributed by atoms with Gasteiger partial charge in [0.25, 0.3) is 0 Å². The average molecular weight is 805 g/mol. The normalized spacial score (nSPS) is 20.8. The lowest BCUT2D eigenvalue weighted by Crippen LogP contribution is -2.59. The summed E-state index contributed by atoms with van der Waals surface area (Å²) in [6, 6.07) is 0. The smallest absolute Gasteiger partial charge is 0.306 e. The summed E-state index contributed by atoms with van der Waals surface area (Å²) in [5.41, 5.74) is 0. The highest BCUT2D eigenvalue weighted by Crippen LogP contribution is 2.22. The highest BCUT2D eigenvalue weighted by Gasteiger charge is 2.44. The molecule has 1 aliphatic rings. The molecule has 0 spiro atoms. The Morgan fingerprint density at radius 3 is 1.58 bits per heavy atom. The van der Waals surface area contributed by atoms with E-state index in [-0.39, 0.29) is 26.1 Å². The Morgan fingerprint density at radius 2 is 1.02 bits per heavy atom. The van der Waals surface area contributed by atoms with Gasteiger partial charge in [0.1, 0.15) is 31.0 Å². The second-order valence-corrected chi connectivity index (χ2v) is 15.1. The molecule has 0 aromatic carbocycles. The molecule has 0 aromatic rings. The van der Waals surface area contributed by atoms with Crippen LogP contribution in [0.2, 0.25) is 0 Å². The fourth-order valence-corrected chi connectivity index (χ4v) is 6.29. The van der Waals surface area contributed by atoms with Crippen LogP contribution in [-0.2, 0) is 28.5 Å². The van der Waals surface area contributed by atoms with Crippen molar-refractivity contribution in [3.63, 3.8) is 0 Å². The minimum absolute atomic E-state index is 0.188. The van der Waals surface area contributed by atoms with E-state index in [1.807, 2.05) is 0 Å². The van der Waals surface area contributed by atoms with Gasteiger partial charge >= 0.3 is 11.9 Å². The maximum Gasteiger partial charge on any atom is 0.306 e. The minimum Gasteiger partial charge on any atom is -0.462 e. The number of esters is 2. The molecule has 4 N–H and O–H groups in total. The Kier molecular flexibility index (Phi) is 34.6. The number of ether oxygens (including phenoxy) is 4. The van der Waals surface area contributed by atoms with Crippen LogP contribution in [0.3, 0.4) is 0 Å². The third-order valence-corrected chi connectivity index (χ3v) is 9.86. The number of aliphatic hydroxyl groups excluding tert-OH is 4. The number of rotatable bonds is 36. The van der Waals surface area contributed by atoms with E-state index in [0.717, 1.165) is 77.0 Å². The summed E-state index contributed by atoms with van der Waals surface area (Å²) in [5, 5.41) is 40.1. The first kappa shape index (κ1) is 52.4. The topological polar surface area (TPSA) is 152 Å². The van der Waals surface area contributed by atoms with Gasteiger partial charge in [-0.15, -0.1) is 0 Å². The van der Waals surface area contributed by atoms with Crippen molar-refractivity contribution in [3.05, 3.63) is 60.8 Å². The molecule has 0 saturated carbocycles. The zero-order valence-corrected chi connectivity index (χ0v) is 35.6. The SMILES string of the molecule is CCC/C=C/C/C=C/C/C=C/C/C=C/CCCCCC(=O)O[C@H](COC(=O)CCCCCCC/C=C/CCCCCCCC)CO[C@@H]1O[C@H](CO)[C@H](O)C(O)C1O. The van der Waals surface area contributed by atoms with Gasteiger partial charge in [-0.25, -0.2) is 0 Å². The molecule has 10 nitrogen and oxygen atoms in total. The third-order valence-electron chi connectivity index (χ3n) is 9.86. The van der Waals surface area contributed by atoms with E-state index in [0.29, 0.717) is 12.8 Å². The summed E-state index contributed by atoms with van der Waals surface area (Å²) in [7, 11) is 0. The first-order chi connectivity index (χ1) is 27.8. The predicted octanol–water partition coefficient (Wildman–Crippen LogP) is 9.44. The van der Waals surface area contributed by atoms with E-state index >= 15 is 0 Å². The predicted molar refractivity (Wildman–Crippen MR) is 228 cm³/mol. The minimum atomic E-state index is -1.60. The zero-order valence-electron chi connectivity index (χ0n) is 35.6. The maximum atomic E-state index is 12.8. The van der Waals surface area contributed by atoms with Crippen molar-refractivity contribution in [2.24, 2.45) is 0 Å². The number of carbonyl (C=O) groups is 2. The molecule has 2 unspecified atom stereocenters. The molecule has 1 heterocycles. The van der Waals surface area contributed by atoms with Crippen molar-refractivity contribution < 1.29 is 49.0 Å². The number of allylic oxidation sites excluding steroid dienone is 10. The highest BCUT2D eigenvalue weighted by atomic mass is 16.7. The molecule has 57 heavy (non-hydrogen) atoms. The second kappa shape index (κ2) is 37.7. The van der Waals surface area contributed by atoms with Crippen LogP contribution in [-0.4, -0.2) is 89.0 Å². The lowest BCUT2D eigenvalue weighted by atomic mass is 9.99. The molecule has 0 aromatic heterocycles. The highest BCUT2D eigenvalue weighted by molar-refractivity contribution is 5.70. The van der Waals surface area contributed by atoms with Crippen LogP contribution < -0.4 is 0 Å². The fourth-order valence-electron chi connectivity index (χ4n) is 6.29. The van der Waals surface area contributed by atoms with Crippen LogP contribution >= 0.6 is 0 Å². The molecular weight excluding hydrogens is 725 g/mol. The summed E-state index contributed by atoms with van der Waals surface area (Å²) in [5.74, 6) is -0.856. The molecule has 10 heteroatoms. The van der Waals surface area contributed by atoms with Gasteiger partial charge in [-0.3, -0.25) is 9.59 Å². The van der Waals surface area contributed by atoms with Gasteiger partial charge in [0.15, 0.2) is 12.4 Å². The molecule has 1 aliphatic heterocycles. The molecule has 1 saturated heterocycles. The van der Waals surface area contributed by atoms with Crippen molar-refractivity contribution in [3.8, 4) is 0 Å². The standard InChI is InChI=1S/C47H80O10/c1-3-5-7-9-11-13-15-17-19-20-22-24-26-28-30-32-34-36-43(50)56-40(39-55-47-46(53)45(52)44(51)41(37-48)57-47)38-54-42(49)35-33-31-29-27-25-23-21-18-16-14-12-10-8-6-4-2/h7,9,13,15,18-21,24,26,40-41,44-48,51-53H,3-6,8,10-12,14,16-17,22-23,25,27-39H2,1-2H3/b9-7+,15-13+,20-19+,21-18+,26-24+/t40-,41-,44+,45?,46?,47-/m1/s1. The summed E-state index contributed by atoms with van der Waals surface area (Å²) < 4.78 is 22.1. The number of unbranched alkanes of at least 4 members (excludes halogenated alkanes) is 15. The quantitative estimate of drug-likeness (QED) is 0.0274. The van der Waals surface area contributed by atoms with E-state index in [1.165, 1.54) is 51.4 Å². The van der Waals surface area contributed by atoms with Crippen LogP contribution in [0, 0.1) is 0 Å². The zero-order chi connectivity index (χ0) is 41.6. The number of hydrogen-bond donors (Lipinski definition) is 4. The van der Waals surface area contributed by atoms with Crippen molar-refractivity contribution in [2.45, 2.75) is 205 Å². The van der Waals surface area contributed by atoms with Gasteiger partial charge in [-0.2, -0.15) is 0 Å². The second-order valence-electron chi connectivity index (χ2n) is 15.1. The molecule has 1 rings (SSSR count). The van der Waals surface area contributed by atoms with Crippen molar-refractivity contribution in [2.75, 3.05) is 19.8 Å². The van der Waals surface area contributed by atoms with E-state index in [9.17, 15) is 30.0 Å². The molecule has 328 valence electrons. The van der Waals surface area contributed by atoms with Crippen LogP contribution in [0.25, 0.3) is 0 Å². The number of aliphatic hydroxyl groups is 4. The van der Waals surface area contributed by atoms with Crippen LogP contribution in [0.4, 0.5) is 0 Å². The molecule has 1 fully saturated rings. The van der Waals surface area contributed by atoms with E-state index in [1.54, 1.807) is 0 Å². The Bertz CT molecular complexity index is 1110. The summed E-state index contributed by atoms with van der Waals surface area (Å²) >= 11 is 0. The van der Waals surface area contributed by atoms with Gasteiger partial charge in [-0.1, -0.05) is 139 Å². The Morgan fingerprint density at radius 1 is 0.544 bits per heavy atom. The lowest BCUT2D eigenvalue weighted by molar-refractivity contribution is -0.305. The molecule has 6 atom stereocenters. The summed E-state index contributed by atoms with van der Waals surface area (Å²) in [6.45, 7) is 3.30. The first-order valence-corrected chi connectivity index (χ1v) is 22.4. The van der Waals surface area contributed by atoms with Crippen molar-refractivity contribution in [1.82, 2.24) is 0 Å². The summed E-state index contributed by atoms with van der Waals surface area (Å²) in [6.07, 6.45) is 37.9. The monoisotopic (exact) mass is 805 g/mol. The largest absolute Gasteiger partial charge is 0.462 e. The van der Waals surface area contributed by atoms with Crippen LogP contribution in [0.5, 0.6) is 0 Å². The third kappa shape index (κ3) is 29.3. The maximum absolute atomic E-state index is 12.8. The summed E-state index contributed by atoms with van der Waals surface area (Å²) in [4.78, 5) is 25.3. The molecule has 0 amide bonds. The molecule has 0 bridgehead atoms. The molecule has 0 radical (unpaired) electrons. The van der Waals surface area contributed by atoms with Crippen molar-refractivity contribution >= 4 is 11.9 Å². The van der Waals surface area contributed by atoms with Gasteiger partial charge in [-0.05, 0) is 77.0 Å². The average Bonchev–Trinajstić information content (AvgIpc) is 3.21.